The summed E-state index contributed by atoms with van der Waals surface area (Å²) < 4.78 is 31.9. The van der Waals surface area contributed by atoms with Crippen LogP contribution in [0.1, 0.15) is 56.2 Å². The molecule has 0 aliphatic carbocycles. The third-order valence-electron chi connectivity index (χ3n) is 4.43. The molecule has 0 saturated carbocycles. The fraction of sp³-hybridized carbons (Fsp3) is 0.500. The number of aliphatic imine (C=N–C) groups is 1. The second-order valence-electron chi connectivity index (χ2n) is 6.39. The first-order chi connectivity index (χ1) is 13.0. The first-order valence-electron chi connectivity index (χ1n) is 9.43. The Morgan fingerprint density at radius 1 is 1.14 bits per heavy atom. The van der Waals surface area contributed by atoms with Crippen molar-refractivity contribution in [1.82, 2.24) is 15.8 Å². The minimum absolute atomic E-state index is 0. The number of nitrogens with one attached hydrogen (secondary N) is 2. The molecular formula is C20H29F2IN4O. The molecule has 2 rings (SSSR count). The van der Waals surface area contributed by atoms with E-state index < -0.39 is 11.6 Å². The minimum Gasteiger partial charge on any atom is -0.361 e. The lowest BCUT2D eigenvalue weighted by atomic mass is 10.0. The topological polar surface area (TPSA) is 62.5 Å². The van der Waals surface area contributed by atoms with Crippen molar-refractivity contribution in [2.75, 3.05) is 13.1 Å². The summed E-state index contributed by atoms with van der Waals surface area (Å²) in [6.07, 6.45) is 1.57. The van der Waals surface area contributed by atoms with E-state index in [1.165, 1.54) is 6.07 Å². The van der Waals surface area contributed by atoms with Gasteiger partial charge in [-0.05, 0) is 37.0 Å². The van der Waals surface area contributed by atoms with Crippen LogP contribution in [0.15, 0.2) is 27.7 Å². The van der Waals surface area contributed by atoms with Gasteiger partial charge in [0.15, 0.2) is 17.6 Å². The van der Waals surface area contributed by atoms with E-state index in [4.69, 9.17) is 4.52 Å². The number of aryl methyl sites for hydroxylation is 2. The first-order valence-corrected chi connectivity index (χ1v) is 9.43. The molecule has 0 aliphatic heterocycles. The number of halogens is 3. The van der Waals surface area contributed by atoms with Gasteiger partial charge in [0.2, 0.25) is 0 Å². The average Bonchev–Trinajstić information content (AvgIpc) is 3.07. The summed E-state index contributed by atoms with van der Waals surface area (Å²) in [5.74, 6) is -0.136. The second-order valence-corrected chi connectivity index (χ2v) is 6.39. The van der Waals surface area contributed by atoms with Gasteiger partial charge >= 0.3 is 0 Å². The van der Waals surface area contributed by atoms with Crippen LogP contribution < -0.4 is 10.6 Å². The third-order valence-corrected chi connectivity index (χ3v) is 4.43. The fourth-order valence-corrected chi connectivity index (χ4v) is 2.80. The maximum Gasteiger partial charge on any atom is 0.191 e. The van der Waals surface area contributed by atoms with Crippen molar-refractivity contribution >= 4 is 29.9 Å². The predicted molar refractivity (Wildman–Crippen MR) is 118 cm³/mol. The zero-order valence-corrected chi connectivity index (χ0v) is 19.1. The predicted octanol–water partition coefficient (Wildman–Crippen LogP) is 4.55. The molecule has 2 N–H and O–H groups in total. The van der Waals surface area contributed by atoms with E-state index in [1.807, 2.05) is 27.7 Å². The largest absolute Gasteiger partial charge is 0.361 e. The van der Waals surface area contributed by atoms with Gasteiger partial charge in [0, 0.05) is 25.1 Å². The van der Waals surface area contributed by atoms with Crippen LogP contribution >= 0.6 is 24.0 Å². The summed E-state index contributed by atoms with van der Waals surface area (Å²) in [6.45, 7) is 9.75. The van der Waals surface area contributed by atoms with Crippen LogP contribution in [0.3, 0.4) is 0 Å². The van der Waals surface area contributed by atoms with Gasteiger partial charge in [0.1, 0.15) is 5.76 Å². The fourth-order valence-electron chi connectivity index (χ4n) is 2.80. The van der Waals surface area contributed by atoms with Crippen LogP contribution in [0.4, 0.5) is 8.78 Å². The maximum atomic E-state index is 13.4. The van der Waals surface area contributed by atoms with Crippen LogP contribution in [-0.2, 0) is 19.4 Å². The van der Waals surface area contributed by atoms with Crippen LogP contribution in [0.25, 0.3) is 0 Å². The summed E-state index contributed by atoms with van der Waals surface area (Å²) in [5.41, 5.74) is 2.70. The Bertz CT molecular complexity index is 758. The lowest BCUT2D eigenvalue weighted by Gasteiger charge is -2.16. The number of rotatable bonds is 8. The Kier molecular flexibility index (Phi) is 10.4. The molecule has 0 saturated heterocycles. The van der Waals surface area contributed by atoms with E-state index in [9.17, 15) is 8.78 Å². The highest BCUT2D eigenvalue weighted by molar-refractivity contribution is 14.0. The highest BCUT2D eigenvalue weighted by atomic mass is 127. The normalized spacial score (nSPS) is 12.4. The van der Waals surface area contributed by atoms with Gasteiger partial charge in [-0.15, -0.1) is 24.0 Å². The SMILES string of the molecule is CCNC(=NCc1c(CC)noc1CC)NCC(C)c1ccc(F)c(F)c1.I. The molecule has 0 radical (unpaired) electrons. The average molecular weight is 506 g/mol. The molecule has 0 fully saturated rings. The van der Waals surface area contributed by atoms with E-state index in [0.717, 1.165) is 48.0 Å². The molecule has 1 atom stereocenters. The summed E-state index contributed by atoms with van der Waals surface area (Å²) in [6, 6.07) is 4.00. The van der Waals surface area contributed by atoms with Crippen molar-refractivity contribution in [3.05, 3.63) is 52.4 Å². The molecule has 0 bridgehead atoms. The van der Waals surface area contributed by atoms with Gasteiger partial charge < -0.3 is 15.2 Å². The highest BCUT2D eigenvalue weighted by Crippen LogP contribution is 2.18. The Morgan fingerprint density at radius 3 is 2.50 bits per heavy atom. The number of guanidine groups is 1. The minimum atomic E-state index is -0.832. The van der Waals surface area contributed by atoms with Gasteiger partial charge in [-0.1, -0.05) is 32.0 Å². The summed E-state index contributed by atoms with van der Waals surface area (Å²) in [4.78, 5) is 4.63. The number of hydrogen-bond acceptors (Lipinski definition) is 3. The van der Waals surface area contributed by atoms with Crippen molar-refractivity contribution in [2.45, 2.75) is 53.0 Å². The van der Waals surface area contributed by atoms with Crippen molar-refractivity contribution < 1.29 is 13.3 Å². The summed E-state index contributed by atoms with van der Waals surface area (Å²) in [7, 11) is 0. The molecule has 0 spiro atoms. The summed E-state index contributed by atoms with van der Waals surface area (Å²) >= 11 is 0. The molecule has 1 heterocycles. The molecule has 0 aliphatic rings. The van der Waals surface area contributed by atoms with E-state index in [0.29, 0.717) is 19.0 Å². The first kappa shape index (κ1) is 24.3. The number of benzene rings is 1. The van der Waals surface area contributed by atoms with Crippen molar-refractivity contribution in [1.29, 1.82) is 0 Å². The quantitative estimate of drug-likeness (QED) is 0.313. The molecule has 156 valence electrons. The Morgan fingerprint density at radius 2 is 1.89 bits per heavy atom. The molecule has 1 aromatic heterocycles. The Balaban J connectivity index is 0.00000392. The van der Waals surface area contributed by atoms with Crippen molar-refractivity contribution in [3.8, 4) is 0 Å². The highest BCUT2D eigenvalue weighted by Gasteiger charge is 2.14. The Labute approximate surface area is 182 Å². The molecular weight excluding hydrogens is 477 g/mol. The monoisotopic (exact) mass is 506 g/mol. The van der Waals surface area contributed by atoms with Gasteiger partial charge in [-0.2, -0.15) is 0 Å². The number of nitrogens with zero attached hydrogens (tertiary/aromatic N) is 2. The molecule has 8 heteroatoms. The zero-order valence-electron chi connectivity index (χ0n) is 16.8. The van der Waals surface area contributed by atoms with Crippen molar-refractivity contribution in [3.63, 3.8) is 0 Å². The van der Waals surface area contributed by atoms with Gasteiger partial charge in [0.25, 0.3) is 0 Å². The second kappa shape index (κ2) is 12.0. The lowest BCUT2D eigenvalue weighted by Crippen LogP contribution is -2.39. The van der Waals surface area contributed by atoms with Gasteiger partial charge in [-0.25, -0.2) is 13.8 Å². The smallest absolute Gasteiger partial charge is 0.191 e. The Hall–Kier alpha value is -1.71. The van der Waals surface area contributed by atoms with Gasteiger partial charge in [-0.3, -0.25) is 0 Å². The third kappa shape index (κ3) is 6.42. The van der Waals surface area contributed by atoms with Crippen LogP contribution in [0, 0.1) is 11.6 Å². The van der Waals surface area contributed by atoms with Crippen LogP contribution in [0.5, 0.6) is 0 Å². The molecule has 5 nitrogen and oxygen atoms in total. The lowest BCUT2D eigenvalue weighted by molar-refractivity contribution is 0.380. The van der Waals surface area contributed by atoms with Crippen molar-refractivity contribution in [2.24, 2.45) is 4.99 Å². The maximum absolute atomic E-state index is 13.4. The molecule has 0 amide bonds. The van der Waals surface area contributed by atoms with E-state index in [1.54, 1.807) is 6.07 Å². The van der Waals surface area contributed by atoms with Crippen LogP contribution in [0.2, 0.25) is 0 Å². The number of hydrogen-bond donors (Lipinski definition) is 2. The molecule has 1 unspecified atom stereocenters. The molecule has 28 heavy (non-hydrogen) atoms. The zero-order chi connectivity index (χ0) is 19.8. The standard InChI is InChI=1S/C20H28F2N4O.HI/c1-5-18-15(19(6-2)27-26-18)12-25-20(23-7-3)24-11-13(4)14-8-9-16(21)17(22)10-14;/h8-10,13H,5-7,11-12H2,1-4H3,(H2,23,24,25);1H. The van der Waals surface area contributed by atoms with Crippen LogP contribution in [-0.4, -0.2) is 24.2 Å². The number of aromatic nitrogens is 1. The van der Waals surface area contributed by atoms with E-state index in [2.05, 4.69) is 20.8 Å². The van der Waals surface area contributed by atoms with E-state index >= 15 is 0 Å². The molecule has 2 aromatic rings. The summed E-state index contributed by atoms with van der Waals surface area (Å²) in [5, 5.41) is 10.6. The molecule has 1 aromatic carbocycles. The van der Waals surface area contributed by atoms with Gasteiger partial charge in [0.05, 0.1) is 12.2 Å². The van der Waals surface area contributed by atoms with E-state index in [-0.39, 0.29) is 29.9 Å².